The number of carbonyl (C=O) groups is 1. The van der Waals surface area contributed by atoms with Crippen molar-refractivity contribution < 1.29 is 9.00 Å². The maximum absolute atomic E-state index is 11.7. The van der Waals surface area contributed by atoms with Gasteiger partial charge in [0, 0.05) is 38.9 Å². The molecule has 1 aromatic rings. The average Bonchev–Trinajstić information content (AvgIpc) is 2.25. The van der Waals surface area contributed by atoms with Gasteiger partial charge in [-0.05, 0) is 25.1 Å². The van der Waals surface area contributed by atoms with Crippen molar-refractivity contribution in [3.8, 4) is 0 Å². The smallest absolute Gasteiger partial charge is 0.251 e. The lowest BCUT2D eigenvalue weighted by Crippen LogP contribution is -2.32. The van der Waals surface area contributed by atoms with E-state index >= 15 is 0 Å². The molecule has 0 aliphatic carbocycles. The molecule has 1 N–H and O–H groups in total. The highest BCUT2D eigenvalue weighted by molar-refractivity contribution is 9.10. The van der Waals surface area contributed by atoms with Crippen LogP contribution >= 0.6 is 15.9 Å². The van der Waals surface area contributed by atoms with Crippen LogP contribution in [-0.4, -0.2) is 28.2 Å². The minimum atomic E-state index is -0.912. The molecule has 5 heteroatoms. The molecule has 0 bridgehead atoms. The zero-order valence-corrected chi connectivity index (χ0v) is 11.6. The lowest BCUT2D eigenvalue weighted by Gasteiger charge is -2.09. The number of halogens is 1. The first-order chi connectivity index (χ1) is 7.50. The van der Waals surface area contributed by atoms with E-state index in [-0.39, 0.29) is 11.2 Å². The molecule has 0 aliphatic heterocycles. The Morgan fingerprint density at radius 1 is 1.56 bits per heavy atom. The zero-order valence-electron chi connectivity index (χ0n) is 9.20. The standard InChI is InChI=1S/C11H14BrNO2S/c1-8(16(2)15)7-13-11(14)9-4-3-5-10(12)6-9/h3-6,8H,7H2,1-2H3,(H,13,14). The molecule has 0 heterocycles. The van der Waals surface area contributed by atoms with Crippen molar-refractivity contribution in [2.75, 3.05) is 12.8 Å². The molecule has 1 aromatic carbocycles. The first-order valence-electron chi connectivity index (χ1n) is 4.86. The van der Waals surface area contributed by atoms with Crippen LogP contribution in [0.5, 0.6) is 0 Å². The normalized spacial score (nSPS) is 14.2. The van der Waals surface area contributed by atoms with Gasteiger partial charge in [-0.25, -0.2) is 0 Å². The van der Waals surface area contributed by atoms with Gasteiger partial charge in [0.1, 0.15) is 0 Å². The number of carbonyl (C=O) groups excluding carboxylic acids is 1. The van der Waals surface area contributed by atoms with Crippen LogP contribution < -0.4 is 5.32 Å². The van der Waals surface area contributed by atoms with Gasteiger partial charge >= 0.3 is 0 Å². The van der Waals surface area contributed by atoms with Gasteiger partial charge in [-0.1, -0.05) is 22.0 Å². The van der Waals surface area contributed by atoms with Gasteiger partial charge in [-0.15, -0.1) is 0 Å². The van der Waals surface area contributed by atoms with Gasteiger partial charge in [0.2, 0.25) is 0 Å². The van der Waals surface area contributed by atoms with Crippen LogP contribution in [0.2, 0.25) is 0 Å². The number of amides is 1. The van der Waals surface area contributed by atoms with Gasteiger partial charge in [0.05, 0.1) is 0 Å². The van der Waals surface area contributed by atoms with Crippen molar-refractivity contribution in [2.24, 2.45) is 0 Å². The number of benzene rings is 1. The number of hydrogen-bond acceptors (Lipinski definition) is 2. The first-order valence-corrected chi connectivity index (χ1v) is 7.28. The first kappa shape index (κ1) is 13.4. The van der Waals surface area contributed by atoms with Gasteiger partial charge in [0.15, 0.2) is 0 Å². The molecule has 0 aliphatic rings. The third-order valence-corrected chi connectivity index (χ3v) is 4.00. The van der Waals surface area contributed by atoms with Gasteiger partial charge in [0.25, 0.3) is 5.91 Å². The van der Waals surface area contributed by atoms with Crippen LogP contribution in [0.3, 0.4) is 0 Å². The summed E-state index contributed by atoms with van der Waals surface area (Å²) in [5.41, 5.74) is 0.600. The van der Waals surface area contributed by atoms with Gasteiger partial charge in [-0.3, -0.25) is 9.00 Å². The molecule has 3 nitrogen and oxygen atoms in total. The van der Waals surface area contributed by atoms with E-state index in [2.05, 4.69) is 21.2 Å². The fraction of sp³-hybridized carbons (Fsp3) is 0.364. The molecule has 16 heavy (non-hydrogen) atoms. The summed E-state index contributed by atoms with van der Waals surface area (Å²) < 4.78 is 12.0. The van der Waals surface area contributed by atoms with Crippen LogP contribution in [0.15, 0.2) is 28.7 Å². The molecule has 0 saturated carbocycles. The highest BCUT2D eigenvalue weighted by Crippen LogP contribution is 2.11. The number of rotatable bonds is 4. The van der Waals surface area contributed by atoms with Crippen molar-refractivity contribution >= 4 is 32.6 Å². The maximum Gasteiger partial charge on any atom is 0.251 e. The monoisotopic (exact) mass is 303 g/mol. The van der Waals surface area contributed by atoms with Crippen LogP contribution in [0.25, 0.3) is 0 Å². The molecule has 0 radical (unpaired) electrons. The van der Waals surface area contributed by atoms with Crippen molar-refractivity contribution in [3.63, 3.8) is 0 Å². The van der Waals surface area contributed by atoms with Crippen molar-refractivity contribution in [1.82, 2.24) is 5.32 Å². The molecule has 0 saturated heterocycles. The Morgan fingerprint density at radius 2 is 2.25 bits per heavy atom. The molecule has 2 atom stereocenters. The van der Waals surface area contributed by atoms with Gasteiger partial charge < -0.3 is 5.32 Å². The Hall–Kier alpha value is -0.680. The van der Waals surface area contributed by atoms with Crippen molar-refractivity contribution in [3.05, 3.63) is 34.3 Å². The highest BCUT2D eigenvalue weighted by atomic mass is 79.9. The Balaban J connectivity index is 2.56. The largest absolute Gasteiger partial charge is 0.351 e. The molecule has 1 amide bonds. The minimum Gasteiger partial charge on any atom is -0.351 e. The predicted molar refractivity (Wildman–Crippen MR) is 70.0 cm³/mol. The van der Waals surface area contributed by atoms with Gasteiger partial charge in [-0.2, -0.15) is 0 Å². The second-order valence-corrected chi connectivity index (χ2v) is 6.25. The highest BCUT2D eigenvalue weighted by Gasteiger charge is 2.09. The second-order valence-electron chi connectivity index (χ2n) is 3.53. The molecular formula is C11H14BrNO2S. The Kier molecular flexibility index (Phi) is 5.15. The quantitative estimate of drug-likeness (QED) is 0.924. The number of nitrogens with one attached hydrogen (secondary N) is 1. The molecule has 1 rings (SSSR count). The third kappa shape index (κ3) is 4.06. The summed E-state index contributed by atoms with van der Waals surface area (Å²) in [4.78, 5) is 11.7. The summed E-state index contributed by atoms with van der Waals surface area (Å²) in [5, 5.41) is 2.72. The second kappa shape index (κ2) is 6.15. The summed E-state index contributed by atoms with van der Waals surface area (Å²) >= 11 is 3.31. The maximum atomic E-state index is 11.7. The Bertz CT molecular complexity index is 409. The summed E-state index contributed by atoms with van der Waals surface area (Å²) in [6, 6.07) is 7.16. The fourth-order valence-electron chi connectivity index (χ4n) is 1.09. The van der Waals surface area contributed by atoms with Crippen molar-refractivity contribution in [2.45, 2.75) is 12.2 Å². The Morgan fingerprint density at radius 3 is 2.81 bits per heavy atom. The fourth-order valence-corrected chi connectivity index (χ4v) is 1.80. The Labute approximate surface area is 106 Å². The summed E-state index contributed by atoms with van der Waals surface area (Å²) in [6.07, 6.45) is 1.63. The van der Waals surface area contributed by atoms with E-state index in [1.54, 1.807) is 24.5 Å². The lowest BCUT2D eigenvalue weighted by molar-refractivity contribution is 0.0954. The van der Waals surface area contributed by atoms with E-state index in [0.29, 0.717) is 12.1 Å². The summed E-state index contributed by atoms with van der Waals surface area (Å²) in [5.74, 6) is -0.140. The van der Waals surface area contributed by atoms with E-state index < -0.39 is 10.8 Å². The molecule has 0 aromatic heterocycles. The summed E-state index contributed by atoms with van der Waals surface area (Å²) in [7, 11) is -0.912. The van der Waals surface area contributed by atoms with E-state index in [9.17, 15) is 9.00 Å². The zero-order chi connectivity index (χ0) is 12.1. The molecule has 88 valence electrons. The van der Waals surface area contributed by atoms with E-state index in [1.165, 1.54) is 0 Å². The predicted octanol–water partition coefficient (Wildman–Crippen LogP) is 1.95. The van der Waals surface area contributed by atoms with Crippen molar-refractivity contribution in [1.29, 1.82) is 0 Å². The minimum absolute atomic E-state index is 0.0314. The van der Waals surface area contributed by atoms with Crippen LogP contribution in [0, 0.1) is 0 Å². The van der Waals surface area contributed by atoms with Crippen LogP contribution in [0.1, 0.15) is 17.3 Å². The topological polar surface area (TPSA) is 46.2 Å². The molecule has 0 fully saturated rings. The van der Waals surface area contributed by atoms with E-state index in [4.69, 9.17) is 0 Å². The summed E-state index contributed by atoms with van der Waals surface area (Å²) in [6.45, 7) is 2.27. The number of hydrogen-bond donors (Lipinski definition) is 1. The average molecular weight is 304 g/mol. The van der Waals surface area contributed by atoms with E-state index in [1.807, 2.05) is 13.0 Å². The molecule has 0 spiro atoms. The molecule has 2 unspecified atom stereocenters. The lowest BCUT2D eigenvalue weighted by atomic mass is 10.2. The SMILES string of the molecule is CC(CNC(=O)c1cccc(Br)c1)S(C)=O. The van der Waals surface area contributed by atoms with Crippen LogP contribution in [0.4, 0.5) is 0 Å². The van der Waals surface area contributed by atoms with E-state index in [0.717, 1.165) is 4.47 Å². The third-order valence-electron chi connectivity index (χ3n) is 2.20. The van der Waals surface area contributed by atoms with Crippen LogP contribution in [-0.2, 0) is 10.8 Å². The molecular weight excluding hydrogens is 290 g/mol.